The van der Waals surface area contributed by atoms with Gasteiger partial charge in [0.15, 0.2) is 0 Å². The first-order chi connectivity index (χ1) is 12.6. The summed E-state index contributed by atoms with van der Waals surface area (Å²) in [6, 6.07) is 9.34. The van der Waals surface area contributed by atoms with Crippen LogP contribution in [-0.4, -0.2) is 52.2 Å². The number of piperidine rings is 1. The van der Waals surface area contributed by atoms with E-state index in [1.54, 1.807) is 12.4 Å². The number of ether oxygens (including phenoxy) is 2. The van der Waals surface area contributed by atoms with Gasteiger partial charge in [-0.05, 0) is 38.0 Å². The summed E-state index contributed by atoms with van der Waals surface area (Å²) >= 11 is 0. The third-order valence-corrected chi connectivity index (χ3v) is 5.09. The van der Waals surface area contributed by atoms with Crippen molar-refractivity contribution >= 4 is 5.91 Å². The minimum absolute atomic E-state index is 0.0225. The number of pyridine rings is 2. The van der Waals surface area contributed by atoms with E-state index < -0.39 is 0 Å². The Morgan fingerprint density at radius 3 is 3.00 bits per heavy atom. The summed E-state index contributed by atoms with van der Waals surface area (Å²) in [7, 11) is 0. The summed E-state index contributed by atoms with van der Waals surface area (Å²) in [5.41, 5.74) is 1.23. The molecule has 2 aliphatic heterocycles. The topological polar surface area (TPSA) is 64.6 Å². The molecule has 6 heteroatoms. The molecule has 1 spiro atoms. The van der Waals surface area contributed by atoms with Gasteiger partial charge < -0.3 is 14.4 Å². The van der Waals surface area contributed by atoms with E-state index in [9.17, 15) is 4.79 Å². The van der Waals surface area contributed by atoms with E-state index in [0.717, 1.165) is 31.5 Å². The number of rotatable bonds is 3. The fraction of sp³-hybridized carbons (Fsp3) is 0.450. The van der Waals surface area contributed by atoms with Crippen molar-refractivity contribution in [2.45, 2.75) is 37.9 Å². The molecule has 2 aromatic rings. The van der Waals surface area contributed by atoms with E-state index >= 15 is 0 Å². The lowest BCUT2D eigenvalue weighted by molar-refractivity contribution is -0.0453. The zero-order valence-corrected chi connectivity index (χ0v) is 14.9. The van der Waals surface area contributed by atoms with E-state index in [1.807, 2.05) is 42.2 Å². The minimum atomic E-state index is -0.314. The van der Waals surface area contributed by atoms with Gasteiger partial charge in [-0.25, -0.2) is 4.98 Å². The summed E-state index contributed by atoms with van der Waals surface area (Å²) in [5, 5.41) is 0. The first-order valence-electron chi connectivity index (χ1n) is 9.07. The van der Waals surface area contributed by atoms with Gasteiger partial charge >= 0.3 is 0 Å². The number of aryl methyl sites for hydroxylation is 1. The molecule has 0 saturated carbocycles. The third-order valence-electron chi connectivity index (χ3n) is 5.09. The Morgan fingerprint density at radius 1 is 1.31 bits per heavy atom. The average molecular weight is 353 g/mol. The number of nitrogens with zero attached hydrogens (tertiary/aromatic N) is 3. The molecule has 2 atom stereocenters. The van der Waals surface area contributed by atoms with Crippen LogP contribution in [0.5, 0.6) is 5.88 Å². The molecule has 0 radical (unpaired) electrons. The summed E-state index contributed by atoms with van der Waals surface area (Å²) in [4.78, 5) is 23.2. The zero-order chi connectivity index (χ0) is 18.0. The van der Waals surface area contributed by atoms with Gasteiger partial charge in [-0.1, -0.05) is 6.07 Å². The third kappa shape index (κ3) is 3.55. The molecular formula is C20H23N3O3. The molecular weight excluding hydrogens is 330 g/mol. The molecule has 0 bridgehead atoms. The van der Waals surface area contributed by atoms with Crippen LogP contribution in [0, 0.1) is 6.92 Å². The van der Waals surface area contributed by atoms with Crippen LogP contribution in [0.3, 0.4) is 0 Å². The highest BCUT2D eigenvalue weighted by Crippen LogP contribution is 2.36. The fourth-order valence-corrected chi connectivity index (χ4v) is 3.80. The lowest BCUT2D eigenvalue weighted by Crippen LogP contribution is -2.50. The van der Waals surface area contributed by atoms with Crippen LogP contribution in [0.2, 0.25) is 0 Å². The van der Waals surface area contributed by atoms with E-state index in [0.29, 0.717) is 24.6 Å². The van der Waals surface area contributed by atoms with Crippen molar-refractivity contribution in [2.24, 2.45) is 0 Å². The van der Waals surface area contributed by atoms with Gasteiger partial charge in [-0.15, -0.1) is 0 Å². The number of aromatic nitrogens is 2. The molecule has 1 amide bonds. The second-order valence-electron chi connectivity index (χ2n) is 7.12. The zero-order valence-electron chi connectivity index (χ0n) is 14.9. The summed E-state index contributed by atoms with van der Waals surface area (Å²) in [5.74, 6) is 0.641. The Labute approximate surface area is 153 Å². The van der Waals surface area contributed by atoms with Crippen molar-refractivity contribution in [3.63, 3.8) is 0 Å². The van der Waals surface area contributed by atoms with E-state index in [1.165, 1.54) is 0 Å². The maximum atomic E-state index is 12.8. The molecule has 2 saturated heterocycles. The Hall–Kier alpha value is -2.47. The molecule has 2 aromatic heterocycles. The predicted molar refractivity (Wildman–Crippen MR) is 96.1 cm³/mol. The average Bonchev–Trinajstić information content (AvgIpc) is 3.04. The van der Waals surface area contributed by atoms with Gasteiger partial charge in [-0.3, -0.25) is 9.78 Å². The van der Waals surface area contributed by atoms with E-state index in [4.69, 9.17) is 9.47 Å². The van der Waals surface area contributed by atoms with Crippen LogP contribution in [-0.2, 0) is 4.74 Å². The van der Waals surface area contributed by atoms with Crippen molar-refractivity contribution in [1.29, 1.82) is 0 Å². The SMILES string of the molecule is Cc1ccc(C(=O)N2CCC[C@]3(C[C@@H](Oc4ccccn4)CO3)C2)cn1. The predicted octanol–water partition coefficient (Wildman–Crippen LogP) is 2.63. The maximum Gasteiger partial charge on any atom is 0.255 e. The molecule has 0 unspecified atom stereocenters. The highest BCUT2D eigenvalue weighted by atomic mass is 16.6. The monoisotopic (exact) mass is 353 g/mol. The molecule has 4 heterocycles. The standard InChI is InChI=1S/C20H23N3O3/c1-15-6-7-16(12-22-15)19(24)23-10-4-8-20(14-23)11-17(13-25-20)26-18-5-2-3-9-21-18/h2-3,5-7,9,12,17H,4,8,10-11,13-14H2,1H3/t17-,20+/m1/s1. The number of carbonyl (C=O) groups is 1. The van der Waals surface area contributed by atoms with Gasteiger partial charge in [0.1, 0.15) is 6.10 Å². The number of hydrogen-bond donors (Lipinski definition) is 0. The molecule has 136 valence electrons. The summed E-state index contributed by atoms with van der Waals surface area (Å²) in [6.45, 7) is 3.80. The van der Waals surface area contributed by atoms with Gasteiger partial charge in [0.25, 0.3) is 5.91 Å². The van der Waals surface area contributed by atoms with Gasteiger partial charge in [0.05, 0.1) is 24.3 Å². The van der Waals surface area contributed by atoms with Gasteiger partial charge in [0, 0.05) is 37.1 Å². The Balaban J connectivity index is 1.41. The van der Waals surface area contributed by atoms with E-state index in [2.05, 4.69) is 9.97 Å². The van der Waals surface area contributed by atoms with Crippen molar-refractivity contribution < 1.29 is 14.3 Å². The van der Waals surface area contributed by atoms with Crippen molar-refractivity contribution in [3.05, 3.63) is 54.0 Å². The van der Waals surface area contributed by atoms with E-state index in [-0.39, 0.29) is 17.6 Å². The molecule has 2 fully saturated rings. The molecule has 6 nitrogen and oxygen atoms in total. The van der Waals surface area contributed by atoms with Crippen molar-refractivity contribution in [1.82, 2.24) is 14.9 Å². The lowest BCUT2D eigenvalue weighted by Gasteiger charge is -2.39. The fourth-order valence-electron chi connectivity index (χ4n) is 3.80. The maximum absolute atomic E-state index is 12.8. The highest BCUT2D eigenvalue weighted by molar-refractivity contribution is 5.94. The van der Waals surface area contributed by atoms with Crippen LogP contribution in [0.1, 0.15) is 35.3 Å². The quantitative estimate of drug-likeness (QED) is 0.849. The van der Waals surface area contributed by atoms with Crippen molar-refractivity contribution in [2.75, 3.05) is 19.7 Å². The van der Waals surface area contributed by atoms with Crippen LogP contribution in [0.25, 0.3) is 0 Å². The Bertz CT molecular complexity index is 766. The lowest BCUT2D eigenvalue weighted by atomic mass is 9.89. The summed E-state index contributed by atoms with van der Waals surface area (Å²) < 4.78 is 12.1. The first-order valence-corrected chi connectivity index (χ1v) is 9.07. The Morgan fingerprint density at radius 2 is 2.23 bits per heavy atom. The minimum Gasteiger partial charge on any atom is -0.472 e. The largest absolute Gasteiger partial charge is 0.472 e. The van der Waals surface area contributed by atoms with Gasteiger partial charge in [0.2, 0.25) is 5.88 Å². The highest BCUT2D eigenvalue weighted by Gasteiger charge is 2.45. The smallest absolute Gasteiger partial charge is 0.255 e. The van der Waals surface area contributed by atoms with Crippen LogP contribution >= 0.6 is 0 Å². The molecule has 0 aliphatic carbocycles. The molecule has 0 aromatic carbocycles. The number of hydrogen-bond acceptors (Lipinski definition) is 5. The molecule has 4 rings (SSSR count). The van der Waals surface area contributed by atoms with Crippen LogP contribution in [0.15, 0.2) is 42.7 Å². The molecule has 26 heavy (non-hydrogen) atoms. The second kappa shape index (κ2) is 7.03. The van der Waals surface area contributed by atoms with Crippen LogP contribution in [0.4, 0.5) is 0 Å². The normalized spacial score (nSPS) is 25.4. The second-order valence-corrected chi connectivity index (χ2v) is 7.12. The van der Waals surface area contributed by atoms with Gasteiger partial charge in [-0.2, -0.15) is 0 Å². The number of amides is 1. The number of likely N-dealkylation sites (tertiary alicyclic amines) is 1. The first kappa shape index (κ1) is 17.0. The molecule has 2 aliphatic rings. The number of carbonyl (C=O) groups excluding carboxylic acids is 1. The van der Waals surface area contributed by atoms with Crippen molar-refractivity contribution in [3.8, 4) is 5.88 Å². The molecule has 0 N–H and O–H groups in total. The summed E-state index contributed by atoms with van der Waals surface area (Å²) in [6.07, 6.45) is 6.01. The Kier molecular flexibility index (Phi) is 4.59. The van der Waals surface area contributed by atoms with Crippen LogP contribution < -0.4 is 4.74 Å².